The van der Waals surface area contributed by atoms with Crippen LogP contribution < -0.4 is 5.32 Å². The van der Waals surface area contributed by atoms with Crippen LogP contribution >= 0.6 is 0 Å². The van der Waals surface area contributed by atoms with Crippen LogP contribution in [-0.2, 0) is 9.53 Å². The molecule has 20 heavy (non-hydrogen) atoms. The van der Waals surface area contributed by atoms with Crippen LogP contribution in [0.5, 0.6) is 0 Å². The van der Waals surface area contributed by atoms with Gasteiger partial charge in [-0.05, 0) is 25.7 Å². The SMILES string of the molecule is O=C(Nc1cc(C2CCCCCC2)[nH]n1)C1CCCO1. The van der Waals surface area contributed by atoms with E-state index < -0.39 is 0 Å². The van der Waals surface area contributed by atoms with Crippen LogP contribution in [0.3, 0.4) is 0 Å². The number of aromatic amines is 1. The number of nitrogens with one attached hydrogen (secondary N) is 2. The summed E-state index contributed by atoms with van der Waals surface area (Å²) in [5.74, 6) is 1.13. The Kier molecular flexibility index (Phi) is 4.35. The second-order valence-electron chi connectivity index (χ2n) is 5.89. The van der Waals surface area contributed by atoms with Crippen LogP contribution in [0.2, 0.25) is 0 Å². The summed E-state index contributed by atoms with van der Waals surface area (Å²) in [7, 11) is 0. The van der Waals surface area contributed by atoms with E-state index in [2.05, 4.69) is 15.5 Å². The third-order valence-corrected chi connectivity index (χ3v) is 4.37. The molecule has 110 valence electrons. The highest BCUT2D eigenvalue weighted by atomic mass is 16.5. The van der Waals surface area contributed by atoms with Gasteiger partial charge in [-0.15, -0.1) is 0 Å². The second-order valence-corrected chi connectivity index (χ2v) is 5.89. The van der Waals surface area contributed by atoms with Crippen molar-refractivity contribution in [1.29, 1.82) is 0 Å². The monoisotopic (exact) mass is 277 g/mol. The van der Waals surface area contributed by atoms with E-state index in [4.69, 9.17) is 4.74 Å². The minimum atomic E-state index is -0.298. The number of anilines is 1. The molecule has 0 aromatic carbocycles. The summed E-state index contributed by atoms with van der Waals surface area (Å²) in [5, 5.41) is 10.2. The largest absolute Gasteiger partial charge is 0.368 e. The maximum atomic E-state index is 12.0. The molecule has 1 aromatic rings. The molecule has 2 N–H and O–H groups in total. The molecule has 1 saturated heterocycles. The lowest BCUT2D eigenvalue weighted by Gasteiger charge is -2.10. The average molecular weight is 277 g/mol. The predicted molar refractivity (Wildman–Crippen MR) is 76.6 cm³/mol. The number of carbonyl (C=O) groups is 1. The number of rotatable bonds is 3. The Bertz CT molecular complexity index is 444. The Morgan fingerprint density at radius 2 is 2.00 bits per heavy atom. The van der Waals surface area contributed by atoms with Crippen LogP contribution in [-0.4, -0.2) is 28.8 Å². The Morgan fingerprint density at radius 3 is 2.70 bits per heavy atom. The molecule has 0 bridgehead atoms. The van der Waals surface area contributed by atoms with Crippen molar-refractivity contribution in [1.82, 2.24) is 10.2 Å². The number of ether oxygens (including phenoxy) is 1. The molecule has 1 aliphatic carbocycles. The van der Waals surface area contributed by atoms with Gasteiger partial charge in [-0.25, -0.2) is 0 Å². The van der Waals surface area contributed by atoms with E-state index in [9.17, 15) is 4.79 Å². The van der Waals surface area contributed by atoms with Gasteiger partial charge in [0.2, 0.25) is 0 Å². The molecule has 3 rings (SSSR count). The highest BCUT2D eigenvalue weighted by molar-refractivity contribution is 5.93. The lowest BCUT2D eigenvalue weighted by atomic mass is 9.97. The van der Waals surface area contributed by atoms with Gasteiger partial charge in [-0.3, -0.25) is 9.89 Å². The fraction of sp³-hybridized carbons (Fsp3) is 0.733. The third-order valence-electron chi connectivity index (χ3n) is 4.37. The minimum Gasteiger partial charge on any atom is -0.368 e. The Morgan fingerprint density at radius 1 is 1.20 bits per heavy atom. The van der Waals surface area contributed by atoms with Crippen molar-refractivity contribution in [3.05, 3.63) is 11.8 Å². The van der Waals surface area contributed by atoms with Gasteiger partial charge >= 0.3 is 0 Å². The summed E-state index contributed by atoms with van der Waals surface area (Å²) in [6, 6.07) is 1.99. The van der Waals surface area contributed by atoms with Crippen molar-refractivity contribution in [3.8, 4) is 0 Å². The van der Waals surface area contributed by atoms with Gasteiger partial charge in [0.15, 0.2) is 5.82 Å². The standard InChI is InChI=1S/C15H23N3O2/c19-15(13-8-5-9-20-13)16-14-10-12(17-18-14)11-6-3-1-2-4-7-11/h10-11,13H,1-9H2,(H2,16,17,18,19). The molecule has 0 spiro atoms. The normalized spacial score (nSPS) is 24.5. The molecule has 2 aliphatic rings. The van der Waals surface area contributed by atoms with Gasteiger partial charge in [0.05, 0.1) is 0 Å². The van der Waals surface area contributed by atoms with E-state index in [1.54, 1.807) is 0 Å². The predicted octanol–water partition coefficient (Wildman–Crippen LogP) is 2.97. The van der Waals surface area contributed by atoms with Crippen molar-refractivity contribution in [2.24, 2.45) is 0 Å². The zero-order valence-electron chi connectivity index (χ0n) is 11.9. The summed E-state index contributed by atoms with van der Waals surface area (Å²) in [6.07, 6.45) is 9.19. The first-order valence-electron chi connectivity index (χ1n) is 7.81. The molecule has 1 atom stereocenters. The lowest BCUT2D eigenvalue weighted by molar-refractivity contribution is -0.124. The van der Waals surface area contributed by atoms with Crippen molar-refractivity contribution in [2.75, 3.05) is 11.9 Å². The number of H-pyrrole nitrogens is 1. The molecule has 1 amide bonds. The first-order chi connectivity index (χ1) is 9.83. The van der Waals surface area contributed by atoms with Crippen molar-refractivity contribution in [2.45, 2.75) is 63.4 Å². The molecule has 5 heteroatoms. The van der Waals surface area contributed by atoms with Gasteiger partial charge in [-0.2, -0.15) is 5.10 Å². The lowest BCUT2D eigenvalue weighted by Crippen LogP contribution is -2.26. The van der Waals surface area contributed by atoms with E-state index in [0.29, 0.717) is 18.3 Å². The molecule has 5 nitrogen and oxygen atoms in total. The fourth-order valence-corrected chi connectivity index (χ4v) is 3.19. The van der Waals surface area contributed by atoms with Crippen LogP contribution in [0.4, 0.5) is 5.82 Å². The summed E-state index contributed by atoms with van der Waals surface area (Å²) in [4.78, 5) is 12.0. The smallest absolute Gasteiger partial charge is 0.254 e. The Hall–Kier alpha value is -1.36. The highest BCUT2D eigenvalue weighted by Gasteiger charge is 2.24. The zero-order valence-corrected chi connectivity index (χ0v) is 11.9. The van der Waals surface area contributed by atoms with Crippen LogP contribution in [0.1, 0.15) is 63.0 Å². The van der Waals surface area contributed by atoms with Gasteiger partial charge in [0.25, 0.3) is 5.91 Å². The minimum absolute atomic E-state index is 0.0681. The van der Waals surface area contributed by atoms with Gasteiger partial charge in [0.1, 0.15) is 6.10 Å². The van der Waals surface area contributed by atoms with E-state index >= 15 is 0 Å². The molecular formula is C15H23N3O2. The molecule has 1 saturated carbocycles. The number of aromatic nitrogens is 2. The molecule has 2 heterocycles. The maximum absolute atomic E-state index is 12.0. The summed E-state index contributed by atoms with van der Waals surface area (Å²) in [5.41, 5.74) is 1.16. The summed E-state index contributed by atoms with van der Waals surface area (Å²) < 4.78 is 5.38. The third kappa shape index (κ3) is 3.20. The van der Waals surface area contributed by atoms with Crippen molar-refractivity contribution >= 4 is 11.7 Å². The average Bonchev–Trinajstić information content (AvgIpc) is 3.06. The van der Waals surface area contributed by atoms with Gasteiger partial charge < -0.3 is 10.1 Å². The van der Waals surface area contributed by atoms with E-state index in [1.165, 1.54) is 38.5 Å². The molecule has 1 unspecified atom stereocenters. The first-order valence-corrected chi connectivity index (χ1v) is 7.81. The van der Waals surface area contributed by atoms with E-state index in [0.717, 1.165) is 18.5 Å². The molecular weight excluding hydrogens is 254 g/mol. The highest BCUT2D eigenvalue weighted by Crippen LogP contribution is 2.31. The van der Waals surface area contributed by atoms with E-state index in [1.807, 2.05) is 6.07 Å². The topological polar surface area (TPSA) is 67.0 Å². The Labute approximate surface area is 119 Å². The molecule has 1 aliphatic heterocycles. The number of hydrogen-bond acceptors (Lipinski definition) is 3. The summed E-state index contributed by atoms with van der Waals surface area (Å²) in [6.45, 7) is 0.686. The van der Waals surface area contributed by atoms with Gasteiger partial charge in [-0.1, -0.05) is 25.7 Å². The van der Waals surface area contributed by atoms with Crippen molar-refractivity contribution < 1.29 is 9.53 Å². The van der Waals surface area contributed by atoms with Crippen LogP contribution in [0.15, 0.2) is 6.07 Å². The van der Waals surface area contributed by atoms with E-state index in [-0.39, 0.29) is 12.0 Å². The number of carbonyl (C=O) groups excluding carboxylic acids is 1. The van der Waals surface area contributed by atoms with Gasteiger partial charge in [0, 0.05) is 24.3 Å². The number of amides is 1. The Balaban J connectivity index is 1.59. The molecule has 2 fully saturated rings. The molecule has 0 radical (unpaired) electrons. The number of nitrogens with zero attached hydrogens (tertiary/aromatic N) is 1. The van der Waals surface area contributed by atoms with Crippen LogP contribution in [0.25, 0.3) is 0 Å². The number of hydrogen-bond donors (Lipinski definition) is 2. The second kappa shape index (κ2) is 6.39. The van der Waals surface area contributed by atoms with Crippen molar-refractivity contribution in [3.63, 3.8) is 0 Å². The zero-order chi connectivity index (χ0) is 13.8. The van der Waals surface area contributed by atoms with Crippen LogP contribution in [0, 0.1) is 0 Å². The quantitative estimate of drug-likeness (QED) is 0.835. The first kappa shape index (κ1) is 13.6. The fourth-order valence-electron chi connectivity index (χ4n) is 3.19. The summed E-state index contributed by atoms with van der Waals surface area (Å²) >= 11 is 0. The maximum Gasteiger partial charge on any atom is 0.254 e. The molecule has 1 aromatic heterocycles.